The first-order valence-electron chi connectivity index (χ1n) is 9.47. The van der Waals surface area contributed by atoms with Gasteiger partial charge in [-0.25, -0.2) is 17.2 Å². The second kappa shape index (κ2) is 7.96. The molecule has 1 aliphatic rings. The summed E-state index contributed by atoms with van der Waals surface area (Å²) in [6, 6.07) is 6.18. The summed E-state index contributed by atoms with van der Waals surface area (Å²) in [7, 11) is -4.15. The molecule has 2 heterocycles. The molecule has 0 saturated carbocycles. The Labute approximate surface area is 178 Å². The summed E-state index contributed by atoms with van der Waals surface area (Å²) in [4.78, 5) is -0.0865. The Bertz CT molecular complexity index is 1230. The van der Waals surface area contributed by atoms with Crippen molar-refractivity contribution in [2.24, 2.45) is 0 Å². The highest BCUT2D eigenvalue weighted by molar-refractivity contribution is 7.92. The first-order valence-corrected chi connectivity index (χ1v) is 11.3. The number of aromatic nitrogens is 3. The lowest BCUT2D eigenvalue weighted by molar-refractivity contribution is 0.581. The van der Waals surface area contributed by atoms with Gasteiger partial charge < -0.3 is 4.57 Å². The Kier molecular flexibility index (Phi) is 5.50. The van der Waals surface area contributed by atoms with Crippen molar-refractivity contribution in [3.8, 4) is 11.4 Å². The Morgan fingerprint density at radius 2 is 1.90 bits per heavy atom. The lowest BCUT2D eigenvalue weighted by Gasteiger charge is -2.14. The van der Waals surface area contributed by atoms with Gasteiger partial charge in [0.2, 0.25) is 0 Å². The third-order valence-electron chi connectivity index (χ3n) is 5.16. The average molecular weight is 453 g/mol. The van der Waals surface area contributed by atoms with Crippen molar-refractivity contribution in [2.45, 2.75) is 44.0 Å². The van der Waals surface area contributed by atoms with Gasteiger partial charge in [0, 0.05) is 24.1 Å². The summed E-state index contributed by atoms with van der Waals surface area (Å²) < 4.78 is 58.8. The van der Waals surface area contributed by atoms with Gasteiger partial charge in [-0.3, -0.25) is 4.72 Å². The van der Waals surface area contributed by atoms with Crippen LogP contribution in [0.2, 0.25) is 5.02 Å². The Balaban J connectivity index is 1.76. The lowest BCUT2D eigenvalue weighted by Crippen LogP contribution is -2.16. The molecule has 4 rings (SSSR count). The normalized spacial score (nSPS) is 14.3. The van der Waals surface area contributed by atoms with Crippen molar-refractivity contribution in [3.63, 3.8) is 0 Å². The van der Waals surface area contributed by atoms with Gasteiger partial charge in [-0.05, 0) is 43.5 Å². The summed E-state index contributed by atoms with van der Waals surface area (Å²) in [5.41, 5.74) is -0.0634. The molecule has 0 amide bonds. The van der Waals surface area contributed by atoms with Gasteiger partial charge in [0.1, 0.15) is 17.5 Å². The van der Waals surface area contributed by atoms with Gasteiger partial charge in [-0.15, -0.1) is 10.2 Å². The predicted molar refractivity (Wildman–Crippen MR) is 110 cm³/mol. The van der Waals surface area contributed by atoms with Crippen LogP contribution in [-0.4, -0.2) is 23.2 Å². The van der Waals surface area contributed by atoms with Crippen LogP contribution in [0.5, 0.6) is 0 Å². The lowest BCUT2D eigenvalue weighted by atomic mass is 10.1. The molecule has 0 saturated heterocycles. The molecule has 0 spiro atoms. The Morgan fingerprint density at radius 1 is 1.10 bits per heavy atom. The van der Waals surface area contributed by atoms with E-state index < -0.39 is 21.7 Å². The van der Waals surface area contributed by atoms with Crippen LogP contribution in [0.15, 0.2) is 35.2 Å². The Morgan fingerprint density at radius 3 is 2.70 bits per heavy atom. The van der Waals surface area contributed by atoms with E-state index in [9.17, 15) is 17.2 Å². The first kappa shape index (κ1) is 20.7. The van der Waals surface area contributed by atoms with Crippen LogP contribution in [-0.2, 0) is 23.0 Å². The molecule has 1 N–H and O–H groups in total. The van der Waals surface area contributed by atoms with E-state index in [1.165, 1.54) is 12.1 Å². The van der Waals surface area contributed by atoms with Crippen molar-refractivity contribution in [1.29, 1.82) is 0 Å². The zero-order valence-corrected chi connectivity index (χ0v) is 17.7. The van der Waals surface area contributed by atoms with Gasteiger partial charge in [-0.2, -0.15) is 0 Å². The summed E-state index contributed by atoms with van der Waals surface area (Å²) in [6.07, 6.45) is 3.62. The highest BCUT2D eigenvalue weighted by atomic mass is 35.5. The second-order valence-electron chi connectivity index (χ2n) is 7.18. The van der Waals surface area contributed by atoms with E-state index in [1.807, 2.05) is 4.57 Å². The van der Waals surface area contributed by atoms with Crippen molar-refractivity contribution in [1.82, 2.24) is 14.8 Å². The van der Waals surface area contributed by atoms with Gasteiger partial charge in [0.05, 0.1) is 16.1 Å². The monoisotopic (exact) mass is 452 g/mol. The molecule has 0 fully saturated rings. The minimum atomic E-state index is -4.15. The summed E-state index contributed by atoms with van der Waals surface area (Å²) in [5, 5.41) is 8.47. The highest BCUT2D eigenvalue weighted by Gasteiger charge is 2.24. The number of anilines is 1. The minimum Gasteiger partial charge on any atom is -0.311 e. The maximum atomic E-state index is 14.6. The topological polar surface area (TPSA) is 76.9 Å². The smallest absolute Gasteiger partial charge is 0.262 e. The van der Waals surface area contributed by atoms with Gasteiger partial charge >= 0.3 is 0 Å². The van der Waals surface area contributed by atoms with Crippen molar-refractivity contribution in [2.75, 3.05) is 4.72 Å². The molecule has 158 valence electrons. The molecule has 0 atom stereocenters. The third-order valence-corrected chi connectivity index (χ3v) is 7.08. The molecular weight excluding hydrogens is 434 g/mol. The van der Waals surface area contributed by atoms with Crippen molar-refractivity contribution in [3.05, 3.63) is 58.4 Å². The fourth-order valence-corrected chi connectivity index (χ4v) is 5.12. The first-order chi connectivity index (χ1) is 14.3. The van der Waals surface area contributed by atoms with Crippen molar-refractivity contribution < 1.29 is 17.2 Å². The maximum Gasteiger partial charge on any atom is 0.262 e. The molecule has 0 bridgehead atoms. The summed E-state index contributed by atoms with van der Waals surface area (Å²) >= 11 is 6.01. The number of fused-ring (bicyclic) bond motifs is 1. The number of rotatable bonds is 4. The molecule has 0 radical (unpaired) electrons. The maximum absolute atomic E-state index is 14.6. The van der Waals surface area contributed by atoms with Gasteiger partial charge in [0.15, 0.2) is 5.82 Å². The van der Waals surface area contributed by atoms with Crippen molar-refractivity contribution >= 4 is 27.3 Å². The van der Waals surface area contributed by atoms with Crippen LogP contribution in [0.4, 0.5) is 14.5 Å². The number of nitrogens with one attached hydrogen (secondary N) is 1. The van der Waals surface area contributed by atoms with E-state index in [2.05, 4.69) is 14.9 Å². The second-order valence-corrected chi connectivity index (χ2v) is 9.24. The molecule has 6 nitrogen and oxygen atoms in total. The standard InChI is InChI=1S/C20H19ClF2N4O2S/c1-12-14(21)6-5-7-18(12)30(28,29)26-17-10-13(15(22)11-16(17)23)20-25-24-19-8-3-2-4-9-27(19)20/h5-7,10-11,26H,2-4,8-9H2,1H3. The van der Waals surface area contributed by atoms with Crippen LogP contribution >= 0.6 is 11.6 Å². The molecule has 10 heteroatoms. The summed E-state index contributed by atoms with van der Waals surface area (Å²) in [6.45, 7) is 2.17. The van der Waals surface area contributed by atoms with E-state index in [1.54, 1.807) is 13.0 Å². The van der Waals surface area contributed by atoms with Gasteiger partial charge in [0.25, 0.3) is 10.0 Å². The number of hydrogen-bond acceptors (Lipinski definition) is 4. The van der Waals surface area contributed by atoms with Crippen LogP contribution in [0.1, 0.15) is 30.7 Å². The largest absolute Gasteiger partial charge is 0.311 e. The SMILES string of the molecule is Cc1c(Cl)cccc1S(=O)(=O)Nc1cc(-c2nnc3n2CCCCC3)c(F)cc1F. The number of aryl methyl sites for hydroxylation is 1. The number of sulfonamides is 1. The predicted octanol–water partition coefficient (Wildman–Crippen LogP) is 4.71. The van der Waals surface area contributed by atoms with Crippen LogP contribution in [0.25, 0.3) is 11.4 Å². The molecule has 3 aromatic rings. The molecule has 1 aliphatic heterocycles. The quantitative estimate of drug-likeness (QED) is 0.621. The van der Waals surface area contributed by atoms with E-state index in [0.29, 0.717) is 18.2 Å². The number of benzene rings is 2. The molecule has 2 aromatic carbocycles. The fraction of sp³-hybridized carbons (Fsp3) is 0.300. The Hall–Kier alpha value is -2.52. The van der Waals surface area contributed by atoms with E-state index in [0.717, 1.165) is 37.6 Å². The number of halogens is 3. The van der Waals surface area contributed by atoms with E-state index in [-0.39, 0.29) is 27.0 Å². The van der Waals surface area contributed by atoms with E-state index in [4.69, 9.17) is 11.6 Å². The minimum absolute atomic E-state index is 0.0161. The number of nitrogens with zero attached hydrogens (tertiary/aromatic N) is 3. The molecular formula is C20H19ClF2N4O2S. The van der Waals surface area contributed by atoms with Crippen LogP contribution in [0.3, 0.4) is 0 Å². The average Bonchev–Trinajstić information content (AvgIpc) is 2.93. The fourth-order valence-electron chi connectivity index (χ4n) is 3.56. The highest BCUT2D eigenvalue weighted by Crippen LogP contribution is 2.31. The molecule has 30 heavy (non-hydrogen) atoms. The zero-order valence-electron chi connectivity index (χ0n) is 16.1. The summed E-state index contributed by atoms with van der Waals surface area (Å²) in [5.74, 6) is -0.879. The van der Waals surface area contributed by atoms with Crippen LogP contribution in [0, 0.1) is 18.6 Å². The van der Waals surface area contributed by atoms with Crippen LogP contribution < -0.4 is 4.72 Å². The zero-order chi connectivity index (χ0) is 21.5. The molecule has 1 aromatic heterocycles. The molecule has 0 aliphatic carbocycles. The van der Waals surface area contributed by atoms with E-state index >= 15 is 0 Å². The van der Waals surface area contributed by atoms with Gasteiger partial charge in [-0.1, -0.05) is 24.1 Å². The third kappa shape index (κ3) is 3.79. The molecule has 0 unspecified atom stereocenters. The number of hydrogen-bond donors (Lipinski definition) is 1.